The number of carbonyl (C=O) groups is 1. The van der Waals surface area contributed by atoms with Crippen molar-refractivity contribution in [3.63, 3.8) is 0 Å². The van der Waals surface area contributed by atoms with Crippen molar-refractivity contribution < 1.29 is 4.79 Å². The van der Waals surface area contributed by atoms with Crippen LogP contribution in [0.25, 0.3) is 11.8 Å². The van der Waals surface area contributed by atoms with Crippen molar-refractivity contribution in [3.05, 3.63) is 57.2 Å². The third kappa shape index (κ3) is 2.97. The van der Waals surface area contributed by atoms with Crippen LogP contribution in [-0.2, 0) is 4.79 Å². The molecule has 1 aliphatic heterocycles. The Morgan fingerprint density at radius 3 is 2.30 bits per heavy atom. The number of amides is 1. The van der Waals surface area contributed by atoms with Crippen molar-refractivity contribution in [3.8, 4) is 5.69 Å². The van der Waals surface area contributed by atoms with Gasteiger partial charge in [0, 0.05) is 17.1 Å². The van der Waals surface area contributed by atoms with Gasteiger partial charge in [-0.25, -0.2) is 0 Å². The van der Waals surface area contributed by atoms with Crippen molar-refractivity contribution in [1.82, 2.24) is 4.57 Å². The van der Waals surface area contributed by atoms with Crippen LogP contribution in [0, 0.1) is 27.7 Å². The van der Waals surface area contributed by atoms with Gasteiger partial charge < -0.3 is 10.3 Å². The first-order valence-corrected chi connectivity index (χ1v) is 8.22. The van der Waals surface area contributed by atoms with Crippen LogP contribution in [0.5, 0.6) is 0 Å². The second-order valence-corrected chi connectivity index (χ2v) is 6.94. The Hall–Kier alpha value is -2.27. The number of amidine groups is 1. The van der Waals surface area contributed by atoms with E-state index in [1.54, 1.807) is 0 Å². The van der Waals surface area contributed by atoms with Gasteiger partial charge in [-0.2, -0.15) is 4.99 Å². The monoisotopic (exact) mass is 325 g/mol. The topological polar surface area (TPSA) is 60.4 Å². The molecule has 2 N–H and O–H groups in total. The van der Waals surface area contributed by atoms with E-state index in [1.807, 2.05) is 6.08 Å². The number of aromatic nitrogens is 1. The Bertz CT molecular complexity index is 854. The summed E-state index contributed by atoms with van der Waals surface area (Å²) in [6, 6.07) is 8.58. The summed E-state index contributed by atoms with van der Waals surface area (Å²) in [6.07, 6.45) is 1.87. The number of aliphatic imine (C=N–C) groups is 1. The number of nitrogens with zero attached hydrogens (tertiary/aromatic N) is 2. The average Bonchev–Trinajstić information content (AvgIpc) is 2.88. The molecule has 0 atom stereocenters. The molecule has 1 aromatic heterocycles. The maximum absolute atomic E-state index is 11.8. The summed E-state index contributed by atoms with van der Waals surface area (Å²) in [7, 11) is 0. The maximum atomic E-state index is 11.8. The van der Waals surface area contributed by atoms with E-state index in [4.69, 9.17) is 5.73 Å². The smallest absolute Gasteiger partial charge is 0.286 e. The summed E-state index contributed by atoms with van der Waals surface area (Å²) >= 11 is 1.22. The molecule has 3 rings (SSSR count). The maximum Gasteiger partial charge on any atom is 0.286 e. The molecular formula is C18H19N3OS. The number of benzene rings is 1. The van der Waals surface area contributed by atoms with Gasteiger partial charge in [-0.05, 0) is 80.4 Å². The highest BCUT2D eigenvalue weighted by Crippen LogP contribution is 2.29. The first kappa shape index (κ1) is 15.6. The summed E-state index contributed by atoms with van der Waals surface area (Å²) < 4.78 is 2.21. The number of rotatable bonds is 2. The van der Waals surface area contributed by atoms with E-state index in [0.717, 1.165) is 22.6 Å². The number of nitrogens with two attached hydrogens (primary N) is 1. The molecule has 4 nitrogen and oxygen atoms in total. The zero-order valence-corrected chi connectivity index (χ0v) is 14.5. The molecule has 1 aliphatic rings. The Kier molecular flexibility index (Phi) is 3.90. The van der Waals surface area contributed by atoms with Crippen LogP contribution in [0.1, 0.15) is 28.1 Å². The zero-order valence-electron chi connectivity index (χ0n) is 13.7. The SMILES string of the molecule is Cc1cc(C)cc(-n2c(C)cc(C=C3SC(N)=NC3=O)c2C)c1. The van der Waals surface area contributed by atoms with Crippen LogP contribution in [-0.4, -0.2) is 15.6 Å². The van der Waals surface area contributed by atoms with E-state index in [1.165, 1.54) is 22.9 Å². The molecule has 0 unspecified atom stereocenters. The minimum absolute atomic E-state index is 0.260. The molecule has 0 fully saturated rings. The molecule has 1 amide bonds. The third-order valence-electron chi connectivity index (χ3n) is 3.86. The predicted molar refractivity (Wildman–Crippen MR) is 96.9 cm³/mol. The highest BCUT2D eigenvalue weighted by atomic mass is 32.2. The van der Waals surface area contributed by atoms with Gasteiger partial charge in [0.2, 0.25) is 0 Å². The van der Waals surface area contributed by atoms with Gasteiger partial charge in [0.25, 0.3) is 5.91 Å². The highest BCUT2D eigenvalue weighted by Gasteiger charge is 2.20. The lowest BCUT2D eigenvalue weighted by Crippen LogP contribution is -2.01. The van der Waals surface area contributed by atoms with Crippen LogP contribution in [0.2, 0.25) is 0 Å². The van der Waals surface area contributed by atoms with E-state index in [-0.39, 0.29) is 5.91 Å². The summed E-state index contributed by atoms with van der Waals surface area (Å²) in [5.41, 5.74) is 12.5. The average molecular weight is 325 g/mol. The molecule has 2 aromatic rings. The first-order valence-electron chi connectivity index (χ1n) is 7.41. The molecule has 0 radical (unpaired) electrons. The second kappa shape index (κ2) is 5.74. The van der Waals surface area contributed by atoms with E-state index >= 15 is 0 Å². The van der Waals surface area contributed by atoms with Gasteiger partial charge in [-0.1, -0.05) is 6.07 Å². The normalized spacial score (nSPS) is 16.3. The van der Waals surface area contributed by atoms with Crippen LogP contribution in [0.4, 0.5) is 0 Å². The van der Waals surface area contributed by atoms with Crippen LogP contribution < -0.4 is 5.73 Å². The minimum atomic E-state index is -0.260. The molecule has 0 spiro atoms. The largest absolute Gasteiger partial charge is 0.378 e. The van der Waals surface area contributed by atoms with Crippen LogP contribution in [0.15, 0.2) is 34.2 Å². The molecule has 2 heterocycles. The summed E-state index contributed by atoms with van der Waals surface area (Å²) in [4.78, 5) is 16.1. The second-order valence-electron chi connectivity index (χ2n) is 5.87. The standard InChI is InChI=1S/C18H19N3OS/c1-10-5-11(2)7-15(6-10)21-12(3)8-14(13(21)4)9-16-17(22)20-18(19)23-16/h5-9H,1-4H3,(H2,19,20,22). The van der Waals surface area contributed by atoms with Gasteiger partial charge in [0.05, 0.1) is 4.91 Å². The summed E-state index contributed by atoms with van der Waals surface area (Å²) in [5.74, 6) is -0.260. The minimum Gasteiger partial charge on any atom is -0.378 e. The number of thioether (sulfide) groups is 1. The van der Waals surface area contributed by atoms with Crippen molar-refractivity contribution in [2.24, 2.45) is 10.7 Å². The number of carbonyl (C=O) groups excluding carboxylic acids is 1. The van der Waals surface area contributed by atoms with Crippen molar-refractivity contribution in [1.29, 1.82) is 0 Å². The Balaban J connectivity index is 2.07. The molecule has 0 aliphatic carbocycles. The van der Waals surface area contributed by atoms with E-state index in [0.29, 0.717) is 10.1 Å². The third-order valence-corrected chi connectivity index (χ3v) is 4.67. The summed E-state index contributed by atoms with van der Waals surface area (Å²) in [5, 5.41) is 0.310. The van der Waals surface area contributed by atoms with Gasteiger partial charge in [0.15, 0.2) is 5.17 Å². The van der Waals surface area contributed by atoms with Crippen molar-refractivity contribution in [2.75, 3.05) is 0 Å². The first-order chi connectivity index (χ1) is 10.8. The predicted octanol–water partition coefficient (Wildman–Crippen LogP) is 3.64. The fourth-order valence-electron chi connectivity index (χ4n) is 2.98. The number of hydrogen-bond acceptors (Lipinski definition) is 3. The lowest BCUT2D eigenvalue weighted by Gasteiger charge is -2.12. The lowest BCUT2D eigenvalue weighted by molar-refractivity contribution is -0.113. The Labute approximate surface area is 140 Å². The fourth-order valence-corrected chi connectivity index (χ4v) is 3.65. The van der Waals surface area contributed by atoms with Crippen LogP contribution >= 0.6 is 11.8 Å². The van der Waals surface area contributed by atoms with Crippen molar-refractivity contribution >= 4 is 28.9 Å². The molecule has 0 saturated carbocycles. The van der Waals surface area contributed by atoms with Gasteiger partial charge in [-0.3, -0.25) is 4.79 Å². The number of hydrogen-bond donors (Lipinski definition) is 1. The quantitative estimate of drug-likeness (QED) is 0.858. The van der Waals surface area contributed by atoms with Gasteiger partial charge in [0.1, 0.15) is 0 Å². The van der Waals surface area contributed by atoms with Gasteiger partial charge in [-0.15, -0.1) is 0 Å². The van der Waals surface area contributed by atoms with E-state index < -0.39 is 0 Å². The molecule has 1 aromatic carbocycles. The Morgan fingerprint density at radius 2 is 1.74 bits per heavy atom. The lowest BCUT2D eigenvalue weighted by atomic mass is 10.1. The fraction of sp³-hybridized carbons (Fsp3) is 0.222. The number of aryl methyl sites for hydroxylation is 3. The molecule has 0 saturated heterocycles. The van der Waals surface area contributed by atoms with Gasteiger partial charge >= 0.3 is 0 Å². The molecule has 23 heavy (non-hydrogen) atoms. The molecule has 0 bridgehead atoms. The molecular weight excluding hydrogens is 306 g/mol. The zero-order chi connectivity index (χ0) is 16.7. The van der Waals surface area contributed by atoms with E-state index in [9.17, 15) is 4.79 Å². The van der Waals surface area contributed by atoms with E-state index in [2.05, 4.69) is 61.5 Å². The highest BCUT2D eigenvalue weighted by molar-refractivity contribution is 8.18. The summed E-state index contributed by atoms with van der Waals surface area (Å²) in [6.45, 7) is 8.33. The van der Waals surface area contributed by atoms with Crippen molar-refractivity contribution in [2.45, 2.75) is 27.7 Å². The van der Waals surface area contributed by atoms with Crippen LogP contribution in [0.3, 0.4) is 0 Å². The Morgan fingerprint density at radius 1 is 1.09 bits per heavy atom. The molecule has 118 valence electrons. The molecule has 5 heteroatoms.